The predicted octanol–water partition coefficient (Wildman–Crippen LogP) is 1.39. The first-order valence-electron chi connectivity index (χ1n) is 4.71. The summed E-state index contributed by atoms with van der Waals surface area (Å²) in [5.74, 6) is -0.315. The topological polar surface area (TPSA) is 46.9 Å². The summed E-state index contributed by atoms with van der Waals surface area (Å²) in [6.45, 7) is 1.29. The molecule has 1 rings (SSSR count). The zero-order chi connectivity index (χ0) is 12.1. The normalized spacial score (nSPS) is 12.8. The summed E-state index contributed by atoms with van der Waals surface area (Å²) in [5.41, 5.74) is 0.520. The molecule has 7 heteroatoms. The third-order valence-corrected chi connectivity index (χ3v) is 2.02. The maximum atomic E-state index is 12.0. The zero-order valence-corrected chi connectivity index (χ0v) is 9.42. The fourth-order valence-corrected chi connectivity index (χ4v) is 1.14. The molecule has 1 atom stereocenters. The lowest BCUT2D eigenvalue weighted by Crippen LogP contribution is -2.29. The minimum absolute atomic E-state index is 0.187. The Bertz CT molecular complexity index is 354. The van der Waals surface area contributed by atoms with Crippen molar-refractivity contribution in [3.8, 4) is 0 Å². The molecule has 1 aromatic heterocycles. The third-order valence-electron chi connectivity index (χ3n) is 1.83. The Morgan fingerprint density at radius 3 is 2.94 bits per heavy atom. The van der Waals surface area contributed by atoms with Crippen molar-refractivity contribution in [2.24, 2.45) is 0 Å². The van der Waals surface area contributed by atoms with Crippen LogP contribution >= 0.6 is 11.6 Å². The highest BCUT2D eigenvalue weighted by Gasteiger charge is 2.10. The van der Waals surface area contributed by atoms with Gasteiger partial charge in [0.2, 0.25) is 5.91 Å². The lowest BCUT2D eigenvalue weighted by Gasteiger charge is -2.04. The van der Waals surface area contributed by atoms with Gasteiger partial charge in [0.1, 0.15) is 11.9 Å². The first-order valence-corrected chi connectivity index (χ1v) is 5.15. The molecule has 0 saturated heterocycles. The van der Waals surface area contributed by atoms with Crippen molar-refractivity contribution in [3.05, 3.63) is 18.0 Å². The zero-order valence-electron chi connectivity index (χ0n) is 8.66. The molecule has 1 heterocycles. The SMILES string of the molecule is CC(Cl)C(=O)NCc1ccn(CC(F)F)n1. The van der Waals surface area contributed by atoms with Crippen molar-refractivity contribution in [3.63, 3.8) is 0 Å². The molecule has 0 aliphatic rings. The minimum Gasteiger partial charge on any atom is -0.349 e. The molecule has 0 spiro atoms. The van der Waals surface area contributed by atoms with Crippen molar-refractivity contribution < 1.29 is 13.6 Å². The van der Waals surface area contributed by atoms with E-state index in [2.05, 4.69) is 10.4 Å². The number of halogens is 3. The average Bonchev–Trinajstić information content (AvgIpc) is 2.60. The van der Waals surface area contributed by atoms with Gasteiger partial charge >= 0.3 is 0 Å². The second kappa shape index (κ2) is 5.79. The number of nitrogens with zero attached hydrogens (tertiary/aromatic N) is 2. The van der Waals surface area contributed by atoms with E-state index in [-0.39, 0.29) is 12.5 Å². The highest BCUT2D eigenvalue weighted by Crippen LogP contribution is 2.01. The molecule has 0 fully saturated rings. The van der Waals surface area contributed by atoms with Crippen LogP contribution in [0.1, 0.15) is 12.6 Å². The van der Waals surface area contributed by atoms with E-state index in [1.807, 2.05) is 0 Å². The molecule has 0 aliphatic heterocycles. The monoisotopic (exact) mass is 251 g/mol. The number of alkyl halides is 3. The van der Waals surface area contributed by atoms with Crippen LogP contribution in [0.4, 0.5) is 8.78 Å². The van der Waals surface area contributed by atoms with Crippen LogP contribution in [0.25, 0.3) is 0 Å². The number of rotatable bonds is 5. The molecule has 0 aliphatic carbocycles. The Morgan fingerprint density at radius 2 is 2.38 bits per heavy atom. The highest BCUT2D eigenvalue weighted by atomic mass is 35.5. The summed E-state index contributed by atoms with van der Waals surface area (Å²) in [5, 5.41) is 5.77. The molecule has 16 heavy (non-hydrogen) atoms. The quantitative estimate of drug-likeness (QED) is 0.804. The molecule has 0 radical (unpaired) electrons. The van der Waals surface area contributed by atoms with Crippen LogP contribution < -0.4 is 5.32 Å². The van der Waals surface area contributed by atoms with E-state index in [0.717, 1.165) is 4.68 Å². The largest absolute Gasteiger partial charge is 0.349 e. The first-order chi connectivity index (χ1) is 7.49. The molecular formula is C9H12ClF2N3O. The van der Waals surface area contributed by atoms with Crippen LogP contribution in [0.2, 0.25) is 0 Å². The number of aromatic nitrogens is 2. The predicted molar refractivity (Wildman–Crippen MR) is 55.4 cm³/mol. The molecule has 90 valence electrons. The first kappa shape index (κ1) is 12.9. The second-order valence-electron chi connectivity index (χ2n) is 3.25. The van der Waals surface area contributed by atoms with Gasteiger partial charge in [-0.1, -0.05) is 0 Å². The smallest absolute Gasteiger partial charge is 0.257 e. The lowest BCUT2D eigenvalue weighted by atomic mass is 10.4. The van der Waals surface area contributed by atoms with Crippen LogP contribution in [0.15, 0.2) is 12.3 Å². The summed E-state index contributed by atoms with van der Waals surface area (Å²) in [4.78, 5) is 11.1. The lowest BCUT2D eigenvalue weighted by molar-refractivity contribution is -0.120. The summed E-state index contributed by atoms with van der Waals surface area (Å²) in [7, 11) is 0. The summed E-state index contributed by atoms with van der Waals surface area (Å²) >= 11 is 5.53. The van der Waals surface area contributed by atoms with Crippen LogP contribution in [-0.4, -0.2) is 27.5 Å². The molecule has 0 saturated carbocycles. The fourth-order valence-electron chi connectivity index (χ4n) is 1.06. The standard InChI is InChI=1S/C9H12ClF2N3O/c1-6(10)9(16)13-4-7-2-3-15(14-7)5-8(11)12/h2-3,6,8H,4-5H2,1H3,(H,13,16). The molecule has 1 aromatic rings. The van der Waals surface area contributed by atoms with E-state index in [1.165, 1.54) is 6.20 Å². The molecule has 1 unspecified atom stereocenters. The van der Waals surface area contributed by atoms with Crippen molar-refractivity contribution in [1.29, 1.82) is 0 Å². The second-order valence-corrected chi connectivity index (χ2v) is 3.91. The minimum atomic E-state index is -2.44. The van der Waals surface area contributed by atoms with E-state index in [4.69, 9.17) is 11.6 Å². The molecule has 1 N–H and O–H groups in total. The maximum Gasteiger partial charge on any atom is 0.257 e. The summed E-state index contributed by atoms with van der Waals surface area (Å²) in [6, 6.07) is 1.57. The fraction of sp³-hybridized carbons (Fsp3) is 0.556. The number of nitrogens with one attached hydrogen (secondary N) is 1. The summed E-state index contributed by atoms with van der Waals surface area (Å²) < 4.78 is 25.1. The van der Waals surface area contributed by atoms with E-state index >= 15 is 0 Å². The van der Waals surface area contributed by atoms with Gasteiger partial charge in [-0.15, -0.1) is 11.6 Å². The van der Waals surface area contributed by atoms with Gasteiger partial charge in [0.25, 0.3) is 6.43 Å². The van der Waals surface area contributed by atoms with E-state index in [0.29, 0.717) is 5.69 Å². The van der Waals surface area contributed by atoms with E-state index in [9.17, 15) is 13.6 Å². The number of carbonyl (C=O) groups excluding carboxylic acids is 1. The van der Waals surface area contributed by atoms with Gasteiger partial charge in [0, 0.05) is 6.20 Å². The Hall–Kier alpha value is -1.17. The van der Waals surface area contributed by atoms with Crippen molar-refractivity contribution in [1.82, 2.24) is 15.1 Å². The number of hydrogen-bond donors (Lipinski definition) is 1. The van der Waals surface area contributed by atoms with Crippen LogP contribution in [0.5, 0.6) is 0 Å². The number of carbonyl (C=O) groups is 1. The van der Waals surface area contributed by atoms with Crippen LogP contribution in [0.3, 0.4) is 0 Å². The molecule has 1 amide bonds. The van der Waals surface area contributed by atoms with Crippen molar-refractivity contribution in [2.75, 3.05) is 0 Å². The average molecular weight is 252 g/mol. The van der Waals surface area contributed by atoms with Crippen LogP contribution in [0, 0.1) is 0 Å². The maximum absolute atomic E-state index is 12.0. The van der Waals surface area contributed by atoms with E-state index < -0.39 is 18.3 Å². The third kappa shape index (κ3) is 4.14. The molecule has 0 aromatic carbocycles. The van der Waals surface area contributed by atoms with E-state index in [1.54, 1.807) is 13.0 Å². The van der Waals surface area contributed by atoms with Gasteiger partial charge in [0.05, 0.1) is 12.2 Å². The molecular weight excluding hydrogens is 240 g/mol. The van der Waals surface area contributed by atoms with Gasteiger partial charge in [-0.2, -0.15) is 5.10 Å². The summed E-state index contributed by atoms with van der Waals surface area (Å²) in [6.07, 6.45) is -0.997. The van der Waals surface area contributed by atoms with Gasteiger partial charge in [-0.05, 0) is 13.0 Å². The highest BCUT2D eigenvalue weighted by molar-refractivity contribution is 6.30. The molecule has 4 nitrogen and oxygen atoms in total. The van der Waals surface area contributed by atoms with Crippen molar-refractivity contribution in [2.45, 2.75) is 31.8 Å². The van der Waals surface area contributed by atoms with Gasteiger partial charge in [-0.3, -0.25) is 9.48 Å². The Morgan fingerprint density at radius 1 is 1.69 bits per heavy atom. The Balaban J connectivity index is 2.43. The number of amides is 1. The van der Waals surface area contributed by atoms with Crippen LogP contribution in [-0.2, 0) is 17.9 Å². The van der Waals surface area contributed by atoms with Gasteiger partial charge in [0.15, 0.2) is 0 Å². The van der Waals surface area contributed by atoms with Gasteiger partial charge < -0.3 is 5.32 Å². The molecule has 0 bridgehead atoms. The van der Waals surface area contributed by atoms with Crippen molar-refractivity contribution >= 4 is 17.5 Å². The Kier molecular flexibility index (Phi) is 4.67. The Labute approximate surface area is 96.6 Å². The number of hydrogen-bond acceptors (Lipinski definition) is 2. The van der Waals surface area contributed by atoms with Gasteiger partial charge in [-0.25, -0.2) is 8.78 Å².